The van der Waals surface area contributed by atoms with Gasteiger partial charge in [-0.25, -0.2) is 0 Å². The molecular formula is C17H26N2O2. The molecule has 0 saturated heterocycles. The Bertz CT molecular complexity index is 528. The van der Waals surface area contributed by atoms with Crippen LogP contribution in [0, 0.1) is 6.92 Å². The van der Waals surface area contributed by atoms with Gasteiger partial charge >= 0.3 is 0 Å². The van der Waals surface area contributed by atoms with E-state index in [2.05, 4.69) is 24.5 Å². The molecule has 3 unspecified atom stereocenters. The van der Waals surface area contributed by atoms with E-state index in [1.54, 1.807) is 6.07 Å². The average Bonchev–Trinajstić information content (AvgIpc) is 2.78. The average molecular weight is 290 g/mol. The van der Waals surface area contributed by atoms with Crippen LogP contribution in [0.2, 0.25) is 0 Å². The number of fused-ring (bicyclic) bond motifs is 1. The van der Waals surface area contributed by atoms with Gasteiger partial charge in [-0.1, -0.05) is 19.9 Å². The minimum atomic E-state index is -0.264. The van der Waals surface area contributed by atoms with Crippen LogP contribution in [0.1, 0.15) is 62.3 Å². The van der Waals surface area contributed by atoms with E-state index in [-0.39, 0.29) is 18.0 Å². The molecule has 0 aliphatic heterocycles. The molecule has 116 valence electrons. The largest absolute Gasteiger partial charge is 0.508 e. The second-order valence-electron chi connectivity index (χ2n) is 6.10. The molecule has 0 radical (unpaired) electrons. The Morgan fingerprint density at radius 2 is 2.14 bits per heavy atom. The van der Waals surface area contributed by atoms with Crippen molar-refractivity contribution in [1.82, 2.24) is 10.6 Å². The number of phenolic OH excluding ortho intramolecular Hbond substituents is 1. The van der Waals surface area contributed by atoms with E-state index in [4.69, 9.17) is 0 Å². The maximum atomic E-state index is 12.0. The molecule has 1 amide bonds. The Hall–Kier alpha value is -1.55. The molecule has 4 heteroatoms. The summed E-state index contributed by atoms with van der Waals surface area (Å²) in [6.07, 6.45) is 1.85. The molecule has 1 aromatic rings. The first-order valence-corrected chi connectivity index (χ1v) is 7.81. The van der Waals surface area contributed by atoms with Gasteiger partial charge in [0.1, 0.15) is 5.75 Å². The summed E-state index contributed by atoms with van der Waals surface area (Å²) < 4.78 is 0. The zero-order valence-corrected chi connectivity index (χ0v) is 13.4. The Kier molecular flexibility index (Phi) is 4.88. The molecule has 2 rings (SSSR count). The third-order valence-corrected chi connectivity index (χ3v) is 4.31. The number of aromatic hydroxyl groups is 1. The highest BCUT2D eigenvalue weighted by molar-refractivity contribution is 5.81. The maximum Gasteiger partial charge on any atom is 0.236 e. The van der Waals surface area contributed by atoms with Crippen molar-refractivity contribution in [3.8, 4) is 5.75 Å². The van der Waals surface area contributed by atoms with Crippen LogP contribution in [0.5, 0.6) is 5.75 Å². The number of amides is 1. The molecule has 4 nitrogen and oxygen atoms in total. The standard InChI is InChI=1S/C17H26N2O2/c1-5-8-18-17(21)12(4)19-13-9-11(3)15-10(2)6-7-14(20)16(13)15/h6-7,11-13,19-20H,5,8-9H2,1-4H3,(H,18,21). The van der Waals surface area contributed by atoms with E-state index in [0.29, 0.717) is 18.2 Å². The lowest BCUT2D eigenvalue weighted by molar-refractivity contribution is -0.122. The summed E-state index contributed by atoms with van der Waals surface area (Å²) in [5.41, 5.74) is 3.41. The molecule has 3 atom stereocenters. The molecule has 0 heterocycles. The molecule has 0 bridgehead atoms. The summed E-state index contributed by atoms with van der Waals surface area (Å²) >= 11 is 0. The first kappa shape index (κ1) is 15.8. The highest BCUT2D eigenvalue weighted by atomic mass is 16.3. The SMILES string of the molecule is CCCNC(=O)C(C)NC1CC(C)c2c(C)ccc(O)c21. The van der Waals surface area contributed by atoms with Crippen molar-refractivity contribution in [1.29, 1.82) is 0 Å². The Morgan fingerprint density at radius 1 is 1.43 bits per heavy atom. The summed E-state index contributed by atoms with van der Waals surface area (Å²) in [5.74, 6) is 0.749. The van der Waals surface area contributed by atoms with Crippen molar-refractivity contribution in [2.75, 3.05) is 6.54 Å². The van der Waals surface area contributed by atoms with Gasteiger partial charge < -0.3 is 10.4 Å². The van der Waals surface area contributed by atoms with E-state index in [1.165, 1.54) is 11.1 Å². The van der Waals surface area contributed by atoms with Crippen molar-refractivity contribution in [3.63, 3.8) is 0 Å². The minimum Gasteiger partial charge on any atom is -0.508 e. The van der Waals surface area contributed by atoms with Crippen molar-refractivity contribution >= 4 is 5.91 Å². The fraction of sp³-hybridized carbons (Fsp3) is 0.588. The molecule has 0 spiro atoms. The second kappa shape index (κ2) is 6.48. The van der Waals surface area contributed by atoms with Crippen LogP contribution in [0.3, 0.4) is 0 Å². The molecular weight excluding hydrogens is 264 g/mol. The molecule has 1 aromatic carbocycles. The van der Waals surface area contributed by atoms with Gasteiger partial charge in [-0.15, -0.1) is 0 Å². The molecule has 1 aliphatic rings. The lowest BCUT2D eigenvalue weighted by Crippen LogP contribution is -2.43. The van der Waals surface area contributed by atoms with Crippen LogP contribution in [0.4, 0.5) is 0 Å². The van der Waals surface area contributed by atoms with Crippen molar-refractivity contribution < 1.29 is 9.90 Å². The first-order valence-electron chi connectivity index (χ1n) is 7.81. The molecule has 0 fully saturated rings. The van der Waals surface area contributed by atoms with Gasteiger partial charge in [0, 0.05) is 18.2 Å². The third kappa shape index (κ3) is 3.21. The molecule has 0 saturated carbocycles. The highest BCUT2D eigenvalue weighted by Gasteiger charge is 2.33. The van der Waals surface area contributed by atoms with Crippen LogP contribution < -0.4 is 10.6 Å². The van der Waals surface area contributed by atoms with Crippen LogP contribution >= 0.6 is 0 Å². The van der Waals surface area contributed by atoms with Crippen LogP contribution in [-0.4, -0.2) is 23.6 Å². The fourth-order valence-electron chi connectivity index (χ4n) is 3.27. The number of benzene rings is 1. The summed E-state index contributed by atoms with van der Waals surface area (Å²) in [6, 6.07) is 3.49. The van der Waals surface area contributed by atoms with Crippen LogP contribution in [0.15, 0.2) is 12.1 Å². The van der Waals surface area contributed by atoms with Gasteiger partial charge in [0.2, 0.25) is 5.91 Å². The molecule has 3 N–H and O–H groups in total. The fourth-order valence-corrected chi connectivity index (χ4v) is 3.27. The summed E-state index contributed by atoms with van der Waals surface area (Å²) in [5, 5.41) is 16.5. The second-order valence-corrected chi connectivity index (χ2v) is 6.10. The summed E-state index contributed by atoms with van der Waals surface area (Å²) in [4.78, 5) is 12.0. The summed E-state index contributed by atoms with van der Waals surface area (Å²) in [6.45, 7) is 8.87. The maximum absolute atomic E-state index is 12.0. The number of carbonyl (C=O) groups excluding carboxylic acids is 1. The van der Waals surface area contributed by atoms with Crippen LogP contribution in [0.25, 0.3) is 0 Å². The van der Waals surface area contributed by atoms with Gasteiger partial charge in [0.15, 0.2) is 0 Å². The van der Waals surface area contributed by atoms with E-state index in [1.807, 2.05) is 19.9 Å². The van der Waals surface area contributed by atoms with E-state index in [0.717, 1.165) is 18.4 Å². The summed E-state index contributed by atoms with van der Waals surface area (Å²) in [7, 11) is 0. The predicted octanol–water partition coefficient (Wildman–Crippen LogP) is 2.75. The number of hydrogen-bond donors (Lipinski definition) is 3. The molecule has 21 heavy (non-hydrogen) atoms. The minimum absolute atomic E-state index is 0.0186. The van der Waals surface area contributed by atoms with Crippen molar-refractivity contribution in [3.05, 3.63) is 28.8 Å². The van der Waals surface area contributed by atoms with E-state index < -0.39 is 0 Å². The first-order chi connectivity index (χ1) is 9.95. The van der Waals surface area contributed by atoms with Crippen molar-refractivity contribution in [2.45, 2.75) is 58.5 Å². The van der Waals surface area contributed by atoms with Gasteiger partial charge in [-0.3, -0.25) is 10.1 Å². The lowest BCUT2D eigenvalue weighted by Gasteiger charge is -2.20. The highest BCUT2D eigenvalue weighted by Crippen LogP contribution is 2.46. The van der Waals surface area contributed by atoms with Gasteiger partial charge in [0.05, 0.1) is 6.04 Å². The number of aryl methyl sites for hydroxylation is 1. The predicted molar refractivity (Wildman–Crippen MR) is 84.5 cm³/mol. The number of hydrogen-bond acceptors (Lipinski definition) is 3. The van der Waals surface area contributed by atoms with Gasteiger partial charge in [-0.2, -0.15) is 0 Å². The molecule has 1 aliphatic carbocycles. The molecule has 0 aromatic heterocycles. The number of rotatable bonds is 5. The van der Waals surface area contributed by atoms with Gasteiger partial charge in [-0.05, 0) is 49.8 Å². The number of nitrogens with one attached hydrogen (secondary N) is 2. The van der Waals surface area contributed by atoms with Crippen LogP contribution in [-0.2, 0) is 4.79 Å². The van der Waals surface area contributed by atoms with Crippen molar-refractivity contribution in [2.24, 2.45) is 0 Å². The Morgan fingerprint density at radius 3 is 2.81 bits per heavy atom. The van der Waals surface area contributed by atoms with E-state index >= 15 is 0 Å². The Balaban J connectivity index is 2.14. The number of carbonyl (C=O) groups is 1. The normalized spacial score (nSPS) is 21.9. The third-order valence-electron chi connectivity index (χ3n) is 4.31. The quantitative estimate of drug-likeness (QED) is 0.781. The topological polar surface area (TPSA) is 61.4 Å². The van der Waals surface area contributed by atoms with E-state index in [9.17, 15) is 9.90 Å². The monoisotopic (exact) mass is 290 g/mol. The lowest BCUT2D eigenvalue weighted by atomic mass is 9.97. The Labute approximate surface area is 126 Å². The number of phenols is 1. The zero-order chi connectivity index (χ0) is 15.6. The smallest absolute Gasteiger partial charge is 0.236 e. The zero-order valence-electron chi connectivity index (χ0n) is 13.4. The van der Waals surface area contributed by atoms with Gasteiger partial charge in [0.25, 0.3) is 0 Å².